The van der Waals surface area contributed by atoms with Gasteiger partial charge in [-0.1, -0.05) is 11.6 Å². The monoisotopic (exact) mass is 310 g/mol. The number of anilines is 1. The Morgan fingerprint density at radius 3 is 2.95 bits per heavy atom. The highest BCUT2D eigenvalue weighted by Crippen LogP contribution is 2.16. The Bertz CT molecular complexity index is 550. The predicted octanol–water partition coefficient (Wildman–Crippen LogP) is 1.52. The molecule has 1 fully saturated rings. The zero-order chi connectivity index (χ0) is 15.4. The molecule has 6 nitrogen and oxygen atoms in total. The van der Waals surface area contributed by atoms with Crippen molar-refractivity contribution in [3.8, 4) is 0 Å². The summed E-state index contributed by atoms with van der Waals surface area (Å²) < 4.78 is 0. The fourth-order valence-corrected chi connectivity index (χ4v) is 2.51. The lowest BCUT2D eigenvalue weighted by Gasteiger charge is -2.30. The van der Waals surface area contributed by atoms with Crippen LogP contribution >= 0.6 is 11.6 Å². The lowest BCUT2D eigenvalue weighted by molar-refractivity contribution is -0.132. The maximum Gasteiger partial charge on any atom is 0.251 e. The Hall–Kier alpha value is -1.82. The molecular formula is C14H19ClN4O2. The van der Waals surface area contributed by atoms with E-state index in [9.17, 15) is 9.59 Å². The number of rotatable bonds is 4. The number of carbonyl (C=O) groups is 2. The van der Waals surface area contributed by atoms with Crippen molar-refractivity contribution in [2.24, 2.45) is 0 Å². The summed E-state index contributed by atoms with van der Waals surface area (Å²) >= 11 is 5.93. The quantitative estimate of drug-likeness (QED) is 0.827. The van der Waals surface area contributed by atoms with Gasteiger partial charge in [-0.25, -0.2) is 4.98 Å². The number of hydrogen-bond donors (Lipinski definition) is 2. The summed E-state index contributed by atoms with van der Waals surface area (Å²) in [5.74, 6) is 0.485. The second kappa shape index (κ2) is 6.76. The van der Waals surface area contributed by atoms with Crippen LogP contribution < -0.4 is 10.6 Å². The standard InChI is InChI=1S/C14H19ClN4O2/c1-3-16-12-7-9(6-11(15)18-12)14(21)17-10-4-5-13(20)19(2)8-10/h6-7,10H,3-5,8H2,1-2H3,(H,16,18)(H,17,21). The molecule has 1 unspecified atom stereocenters. The van der Waals surface area contributed by atoms with Gasteiger partial charge in [-0.2, -0.15) is 0 Å². The molecule has 0 radical (unpaired) electrons. The van der Waals surface area contributed by atoms with E-state index in [1.165, 1.54) is 6.07 Å². The number of piperidine rings is 1. The summed E-state index contributed by atoms with van der Waals surface area (Å²) in [6, 6.07) is 3.17. The zero-order valence-electron chi connectivity index (χ0n) is 12.1. The number of likely N-dealkylation sites (tertiary alicyclic amines) is 1. The molecule has 2 heterocycles. The van der Waals surface area contributed by atoms with Gasteiger partial charge in [0.1, 0.15) is 11.0 Å². The third-order valence-corrected chi connectivity index (χ3v) is 3.57. The number of likely N-dealkylation sites (N-methyl/N-ethyl adjacent to an activating group) is 1. The van der Waals surface area contributed by atoms with E-state index in [2.05, 4.69) is 15.6 Å². The Kier molecular flexibility index (Phi) is 5.01. The predicted molar refractivity (Wildman–Crippen MR) is 81.5 cm³/mol. The van der Waals surface area contributed by atoms with Crippen LogP contribution in [0.2, 0.25) is 5.15 Å². The topological polar surface area (TPSA) is 74.3 Å². The minimum absolute atomic E-state index is 0.0327. The first-order valence-corrected chi connectivity index (χ1v) is 7.33. The number of aromatic nitrogens is 1. The second-order valence-corrected chi connectivity index (χ2v) is 5.46. The van der Waals surface area contributed by atoms with E-state index in [-0.39, 0.29) is 23.0 Å². The van der Waals surface area contributed by atoms with Crippen LogP contribution in [0.25, 0.3) is 0 Å². The van der Waals surface area contributed by atoms with Crippen molar-refractivity contribution >= 4 is 29.2 Å². The average Bonchev–Trinajstić information content (AvgIpc) is 2.42. The van der Waals surface area contributed by atoms with Crippen molar-refractivity contribution in [1.29, 1.82) is 0 Å². The third kappa shape index (κ3) is 4.07. The SMILES string of the molecule is CCNc1cc(C(=O)NC2CCC(=O)N(C)C2)cc(Cl)n1. The molecule has 21 heavy (non-hydrogen) atoms. The zero-order valence-corrected chi connectivity index (χ0v) is 12.9. The number of amides is 2. The Labute approximate surface area is 128 Å². The molecule has 1 aromatic rings. The van der Waals surface area contributed by atoms with Crippen LogP contribution in [0.4, 0.5) is 5.82 Å². The van der Waals surface area contributed by atoms with Gasteiger partial charge >= 0.3 is 0 Å². The maximum atomic E-state index is 12.3. The first kappa shape index (κ1) is 15.6. The molecule has 1 saturated heterocycles. The molecule has 1 atom stereocenters. The molecule has 0 aliphatic carbocycles. The Morgan fingerprint density at radius 1 is 1.52 bits per heavy atom. The highest BCUT2D eigenvalue weighted by atomic mass is 35.5. The smallest absolute Gasteiger partial charge is 0.251 e. The highest BCUT2D eigenvalue weighted by molar-refractivity contribution is 6.29. The van der Waals surface area contributed by atoms with Crippen LogP contribution in [0.15, 0.2) is 12.1 Å². The van der Waals surface area contributed by atoms with Crippen molar-refractivity contribution in [2.45, 2.75) is 25.8 Å². The van der Waals surface area contributed by atoms with Gasteiger partial charge in [0, 0.05) is 38.2 Å². The number of carbonyl (C=O) groups excluding carboxylic acids is 2. The van der Waals surface area contributed by atoms with Crippen molar-refractivity contribution in [3.05, 3.63) is 22.8 Å². The normalized spacial score (nSPS) is 18.5. The van der Waals surface area contributed by atoms with Crippen molar-refractivity contribution in [1.82, 2.24) is 15.2 Å². The molecule has 1 aliphatic heterocycles. The number of pyridine rings is 1. The first-order chi connectivity index (χ1) is 9.99. The van der Waals surface area contributed by atoms with Crippen LogP contribution in [0.3, 0.4) is 0 Å². The van der Waals surface area contributed by atoms with E-state index in [1.807, 2.05) is 6.92 Å². The van der Waals surface area contributed by atoms with Gasteiger partial charge in [0.25, 0.3) is 5.91 Å². The van der Waals surface area contributed by atoms with Crippen LogP contribution in [-0.4, -0.2) is 47.9 Å². The lowest BCUT2D eigenvalue weighted by atomic mass is 10.1. The molecular weight excluding hydrogens is 292 g/mol. The third-order valence-electron chi connectivity index (χ3n) is 3.38. The van der Waals surface area contributed by atoms with Crippen LogP contribution in [0.5, 0.6) is 0 Å². The van der Waals surface area contributed by atoms with Crippen LogP contribution in [-0.2, 0) is 4.79 Å². The number of halogens is 1. The minimum Gasteiger partial charge on any atom is -0.370 e. The second-order valence-electron chi connectivity index (χ2n) is 5.08. The molecule has 2 rings (SSSR count). The molecule has 1 aliphatic rings. The highest BCUT2D eigenvalue weighted by Gasteiger charge is 2.24. The Morgan fingerprint density at radius 2 is 2.29 bits per heavy atom. The molecule has 0 spiro atoms. The van der Waals surface area contributed by atoms with Crippen molar-refractivity contribution in [3.63, 3.8) is 0 Å². The van der Waals surface area contributed by atoms with Crippen molar-refractivity contribution in [2.75, 3.05) is 25.5 Å². The molecule has 0 aromatic carbocycles. The molecule has 2 N–H and O–H groups in total. The van der Waals surface area contributed by atoms with Gasteiger partial charge in [-0.3, -0.25) is 9.59 Å². The molecule has 7 heteroatoms. The number of nitrogens with zero attached hydrogens (tertiary/aromatic N) is 2. The molecule has 2 amide bonds. The minimum atomic E-state index is -0.203. The fraction of sp³-hybridized carbons (Fsp3) is 0.500. The summed E-state index contributed by atoms with van der Waals surface area (Å²) in [5.41, 5.74) is 0.463. The molecule has 1 aromatic heterocycles. The lowest BCUT2D eigenvalue weighted by Crippen LogP contribution is -2.48. The average molecular weight is 311 g/mol. The summed E-state index contributed by atoms with van der Waals surface area (Å²) in [6.45, 7) is 3.17. The van der Waals surface area contributed by atoms with Gasteiger partial charge in [-0.05, 0) is 25.5 Å². The van der Waals surface area contributed by atoms with Gasteiger partial charge in [-0.15, -0.1) is 0 Å². The first-order valence-electron chi connectivity index (χ1n) is 6.96. The molecule has 0 saturated carbocycles. The molecule has 114 valence electrons. The van der Waals surface area contributed by atoms with Gasteiger partial charge < -0.3 is 15.5 Å². The van der Waals surface area contributed by atoms with Gasteiger partial charge in [0.2, 0.25) is 5.91 Å². The van der Waals surface area contributed by atoms with Crippen LogP contribution in [0, 0.1) is 0 Å². The van der Waals surface area contributed by atoms with E-state index >= 15 is 0 Å². The summed E-state index contributed by atoms with van der Waals surface area (Å²) in [7, 11) is 1.74. The number of nitrogens with one attached hydrogen (secondary N) is 2. The van der Waals surface area contributed by atoms with E-state index in [0.29, 0.717) is 37.3 Å². The van der Waals surface area contributed by atoms with E-state index in [4.69, 9.17) is 11.6 Å². The Balaban J connectivity index is 2.04. The maximum absolute atomic E-state index is 12.3. The van der Waals surface area contributed by atoms with Crippen molar-refractivity contribution < 1.29 is 9.59 Å². The molecule has 0 bridgehead atoms. The summed E-state index contributed by atoms with van der Waals surface area (Å²) in [6.07, 6.45) is 1.12. The van der Waals surface area contributed by atoms with E-state index in [1.54, 1.807) is 18.0 Å². The van der Waals surface area contributed by atoms with Crippen LogP contribution in [0.1, 0.15) is 30.1 Å². The fourth-order valence-electron chi connectivity index (χ4n) is 2.30. The van der Waals surface area contributed by atoms with Gasteiger partial charge in [0.15, 0.2) is 0 Å². The summed E-state index contributed by atoms with van der Waals surface area (Å²) in [4.78, 5) is 29.5. The van der Waals surface area contributed by atoms with E-state index < -0.39 is 0 Å². The largest absolute Gasteiger partial charge is 0.370 e. The van der Waals surface area contributed by atoms with Gasteiger partial charge in [0.05, 0.1) is 0 Å². The number of hydrogen-bond acceptors (Lipinski definition) is 4. The summed E-state index contributed by atoms with van der Waals surface area (Å²) in [5, 5.41) is 6.24. The van der Waals surface area contributed by atoms with E-state index in [0.717, 1.165) is 0 Å².